The number of rotatable bonds is 3. The number of aromatic nitrogens is 2. The van der Waals surface area contributed by atoms with E-state index in [0.717, 1.165) is 30.8 Å². The Labute approximate surface area is 95.4 Å². The van der Waals surface area contributed by atoms with Crippen LogP contribution in [0.3, 0.4) is 0 Å². The molecule has 1 unspecified atom stereocenters. The second kappa shape index (κ2) is 4.15. The van der Waals surface area contributed by atoms with E-state index in [1.54, 1.807) is 9.58 Å². The number of aryl methyl sites for hydroxylation is 2. The Morgan fingerprint density at radius 3 is 2.88 bits per heavy atom. The van der Waals surface area contributed by atoms with E-state index in [1.807, 2.05) is 20.3 Å². The molecule has 1 atom stereocenters. The van der Waals surface area contributed by atoms with Gasteiger partial charge in [0, 0.05) is 26.8 Å². The molecular formula is C11H18N4O. The minimum absolute atomic E-state index is 0.0838. The lowest BCUT2D eigenvalue weighted by Gasteiger charge is -2.12. The van der Waals surface area contributed by atoms with Gasteiger partial charge in [-0.1, -0.05) is 6.92 Å². The van der Waals surface area contributed by atoms with Gasteiger partial charge in [0.05, 0.1) is 11.4 Å². The van der Waals surface area contributed by atoms with Gasteiger partial charge in [-0.15, -0.1) is 0 Å². The van der Waals surface area contributed by atoms with Crippen LogP contribution in [0.15, 0.2) is 6.20 Å². The number of hydrogen-bond donors (Lipinski definition) is 1. The maximum atomic E-state index is 11.8. The van der Waals surface area contributed by atoms with Crippen molar-refractivity contribution in [3.8, 4) is 0 Å². The van der Waals surface area contributed by atoms with Gasteiger partial charge in [-0.05, 0) is 12.8 Å². The largest absolute Gasteiger partial charge is 0.371 e. The van der Waals surface area contributed by atoms with Gasteiger partial charge in [-0.25, -0.2) is 0 Å². The zero-order valence-corrected chi connectivity index (χ0v) is 10.0. The summed E-state index contributed by atoms with van der Waals surface area (Å²) in [6, 6.07) is -0.0838. The Morgan fingerprint density at radius 2 is 2.31 bits per heavy atom. The molecule has 88 valence electrons. The summed E-state index contributed by atoms with van der Waals surface area (Å²) in [5, 5.41) is 7.63. The molecule has 1 N–H and O–H groups in total. The number of carbonyl (C=O) groups is 1. The number of likely N-dealkylation sites (tertiary alicyclic amines) is 1. The van der Waals surface area contributed by atoms with Crippen molar-refractivity contribution in [3.63, 3.8) is 0 Å². The number of carbonyl (C=O) groups excluding carboxylic acids is 1. The zero-order chi connectivity index (χ0) is 11.7. The molecule has 1 saturated heterocycles. The van der Waals surface area contributed by atoms with Crippen LogP contribution in [0, 0.1) is 0 Å². The standard InChI is InChI=1S/C11H18N4O/c1-4-8-10(7-15(3)13-8)12-9-5-6-14(2)11(9)16/h7,9,12H,4-6H2,1-3H3. The first kappa shape index (κ1) is 11.0. The van der Waals surface area contributed by atoms with Gasteiger partial charge in [0.1, 0.15) is 6.04 Å². The molecule has 0 spiro atoms. The summed E-state index contributed by atoms with van der Waals surface area (Å²) in [5.41, 5.74) is 2.00. The highest BCUT2D eigenvalue weighted by Crippen LogP contribution is 2.19. The maximum absolute atomic E-state index is 11.8. The molecule has 0 saturated carbocycles. The summed E-state index contributed by atoms with van der Waals surface area (Å²) in [6.07, 6.45) is 3.68. The molecule has 1 aromatic rings. The molecule has 1 amide bonds. The monoisotopic (exact) mass is 222 g/mol. The van der Waals surface area contributed by atoms with Crippen molar-refractivity contribution < 1.29 is 4.79 Å². The van der Waals surface area contributed by atoms with Crippen LogP contribution in [-0.2, 0) is 18.3 Å². The molecule has 1 aliphatic heterocycles. The number of nitrogens with zero attached hydrogens (tertiary/aromatic N) is 3. The third-order valence-electron chi connectivity index (χ3n) is 3.00. The van der Waals surface area contributed by atoms with Gasteiger partial charge in [0.25, 0.3) is 0 Å². The van der Waals surface area contributed by atoms with E-state index in [0.29, 0.717) is 0 Å². The number of nitrogens with one attached hydrogen (secondary N) is 1. The molecule has 2 heterocycles. The van der Waals surface area contributed by atoms with Crippen LogP contribution in [0.2, 0.25) is 0 Å². The lowest BCUT2D eigenvalue weighted by Crippen LogP contribution is -2.31. The summed E-state index contributed by atoms with van der Waals surface area (Å²) in [7, 11) is 3.74. The Hall–Kier alpha value is -1.52. The van der Waals surface area contributed by atoms with Crippen molar-refractivity contribution in [1.82, 2.24) is 14.7 Å². The average molecular weight is 222 g/mol. The number of amides is 1. The Morgan fingerprint density at radius 1 is 1.56 bits per heavy atom. The molecule has 0 bridgehead atoms. The summed E-state index contributed by atoms with van der Waals surface area (Å²) in [5.74, 6) is 0.172. The van der Waals surface area contributed by atoms with Gasteiger partial charge >= 0.3 is 0 Å². The predicted molar refractivity (Wildman–Crippen MR) is 62.3 cm³/mol. The molecule has 5 heteroatoms. The first-order chi connectivity index (χ1) is 7.61. The van der Waals surface area contributed by atoms with Gasteiger partial charge in [-0.2, -0.15) is 5.10 Å². The van der Waals surface area contributed by atoms with Gasteiger partial charge < -0.3 is 10.2 Å². The lowest BCUT2D eigenvalue weighted by molar-refractivity contribution is -0.127. The van der Waals surface area contributed by atoms with E-state index < -0.39 is 0 Å². The van der Waals surface area contributed by atoms with E-state index in [4.69, 9.17) is 0 Å². The zero-order valence-electron chi connectivity index (χ0n) is 10.0. The lowest BCUT2D eigenvalue weighted by atomic mass is 10.2. The molecular weight excluding hydrogens is 204 g/mol. The number of anilines is 1. The average Bonchev–Trinajstić information content (AvgIpc) is 2.76. The van der Waals surface area contributed by atoms with Crippen LogP contribution < -0.4 is 5.32 Å². The summed E-state index contributed by atoms with van der Waals surface area (Å²) in [4.78, 5) is 13.5. The molecule has 2 rings (SSSR count). The number of likely N-dealkylation sites (N-methyl/N-ethyl adjacent to an activating group) is 1. The molecule has 0 aromatic carbocycles. The van der Waals surface area contributed by atoms with Crippen LogP contribution in [0.25, 0.3) is 0 Å². The first-order valence-corrected chi connectivity index (χ1v) is 5.66. The van der Waals surface area contributed by atoms with Gasteiger partial charge in [-0.3, -0.25) is 9.48 Å². The van der Waals surface area contributed by atoms with E-state index in [1.165, 1.54) is 0 Å². The van der Waals surface area contributed by atoms with Crippen LogP contribution in [0.5, 0.6) is 0 Å². The molecule has 1 aromatic heterocycles. The highest BCUT2D eigenvalue weighted by Gasteiger charge is 2.29. The molecule has 5 nitrogen and oxygen atoms in total. The van der Waals surface area contributed by atoms with E-state index in [9.17, 15) is 4.79 Å². The fourth-order valence-corrected chi connectivity index (χ4v) is 2.06. The van der Waals surface area contributed by atoms with E-state index >= 15 is 0 Å². The molecule has 1 fully saturated rings. The van der Waals surface area contributed by atoms with Crippen molar-refractivity contribution in [3.05, 3.63) is 11.9 Å². The molecule has 0 aliphatic carbocycles. The minimum atomic E-state index is -0.0838. The van der Waals surface area contributed by atoms with Crippen molar-refractivity contribution in [1.29, 1.82) is 0 Å². The summed E-state index contributed by atoms with van der Waals surface area (Å²) >= 11 is 0. The highest BCUT2D eigenvalue weighted by atomic mass is 16.2. The smallest absolute Gasteiger partial charge is 0.244 e. The van der Waals surface area contributed by atoms with Gasteiger partial charge in [0.15, 0.2) is 0 Å². The normalized spacial score (nSPS) is 20.6. The molecule has 1 aliphatic rings. The Kier molecular flexibility index (Phi) is 2.85. The van der Waals surface area contributed by atoms with Crippen molar-refractivity contribution >= 4 is 11.6 Å². The van der Waals surface area contributed by atoms with Crippen LogP contribution in [-0.4, -0.2) is 40.2 Å². The Balaban J connectivity index is 2.12. The third kappa shape index (κ3) is 1.89. The van der Waals surface area contributed by atoms with E-state index in [2.05, 4.69) is 17.3 Å². The van der Waals surface area contributed by atoms with Gasteiger partial charge in [0.2, 0.25) is 5.91 Å². The van der Waals surface area contributed by atoms with Crippen LogP contribution in [0.4, 0.5) is 5.69 Å². The van der Waals surface area contributed by atoms with Crippen LogP contribution in [0.1, 0.15) is 19.0 Å². The summed E-state index contributed by atoms with van der Waals surface area (Å²) < 4.78 is 1.78. The highest BCUT2D eigenvalue weighted by molar-refractivity contribution is 5.86. The molecule has 16 heavy (non-hydrogen) atoms. The topological polar surface area (TPSA) is 50.2 Å². The second-order valence-corrected chi connectivity index (χ2v) is 4.26. The fourth-order valence-electron chi connectivity index (χ4n) is 2.06. The first-order valence-electron chi connectivity index (χ1n) is 5.66. The van der Waals surface area contributed by atoms with Crippen molar-refractivity contribution in [2.24, 2.45) is 7.05 Å². The summed E-state index contributed by atoms with van der Waals surface area (Å²) in [6.45, 7) is 2.90. The number of hydrogen-bond acceptors (Lipinski definition) is 3. The van der Waals surface area contributed by atoms with E-state index in [-0.39, 0.29) is 11.9 Å². The fraction of sp³-hybridized carbons (Fsp3) is 0.636. The third-order valence-corrected chi connectivity index (χ3v) is 3.00. The molecule has 0 radical (unpaired) electrons. The minimum Gasteiger partial charge on any atom is -0.371 e. The van der Waals surface area contributed by atoms with Crippen LogP contribution >= 0.6 is 0 Å². The quantitative estimate of drug-likeness (QED) is 0.816. The maximum Gasteiger partial charge on any atom is 0.244 e. The van der Waals surface area contributed by atoms with Crippen molar-refractivity contribution in [2.75, 3.05) is 18.9 Å². The van der Waals surface area contributed by atoms with Crippen molar-refractivity contribution in [2.45, 2.75) is 25.8 Å². The SMILES string of the molecule is CCc1nn(C)cc1NC1CCN(C)C1=O. The predicted octanol–water partition coefficient (Wildman–Crippen LogP) is 0.625. The Bertz CT molecular complexity index is 399. The second-order valence-electron chi connectivity index (χ2n) is 4.26.